The highest BCUT2D eigenvalue weighted by molar-refractivity contribution is 5.67. The van der Waals surface area contributed by atoms with Crippen molar-refractivity contribution in [2.75, 3.05) is 0 Å². The average molecular weight is 283 g/mol. The molecule has 0 aromatic heterocycles. The quantitative estimate of drug-likeness (QED) is 0.706. The molecule has 6 heteroatoms. The maximum atomic E-state index is 13.6. The lowest BCUT2D eigenvalue weighted by Gasteiger charge is -2.10. The Bertz CT molecular complexity index is 698. The third-order valence-corrected chi connectivity index (χ3v) is 2.68. The monoisotopic (exact) mass is 283 g/mol. The SMILES string of the molecule is N#Cc1ccc(F)c(-c2cc(C(F)(F)F)ccc2F)c1. The molecule has 0 atom stereocenters. The third-order valence-electron chi connectivity index (χ3n) is 2.68. The lowest BCUT2D eigenvalue weighted by atomic mass is 10.00. The van der Waals surface area contributed by atoms with Crippen LogP contribution in [0, 0.1) is 23.0 Å². The standard InChI is InChI=1S/C14H6F5N/c15-12-3-1-8(7-20)5-10(12)11-6-9(14(17,18)19)2-4-13(11)16/h1-6H. The molecule has 0 aliphatic rings. The van der Waals surface area contributed by atoms with Gasteiger partial charge in [-0.2, -0.15) is 18.4 Å². The van der Waals surface area contributed by atoms with Gasteiger partial charge < -0.3 is 0 Å². The number of nitriles is 1. The van der Waals surface area contributed by atoms with Gasteiger partial charge in [0.2, 0.25) is 0 Å². The Kier molecular flexibility index (Phi) is 3.45. The van der Waals surface area contributed by atoms with Gasteiger partial charge >= 0.3 is 6.18 Å². The molecule has 1 nitrogen and oxygen atoms in total. The molecular formula is C14H6F5N. The minimum absolute atomic E-state index is 0.0261. The van der Waals surface area contributed by atoms with E-state index in [-0.39, 0.29) is 11.1 Å². The van der Waals surface area contributed by atoms with E-state index >= 15 is 0 Å². The van der Waals surface area contributed by atoms with Crippen LogP contribution in [-0.2, 0) is 6.18 Å². The Balaban J connectivity index is 2.67. The van der Waals surface area contributed by atoms with Gasteiger partial charge in [0.25, 0.3) is 0 Å². The van der Waals surface area contributed by atoms with Crippen LogP contribution in [0.5, 0.6) is 0 Å². The van der Waals surface area contributed by atoms with Gasteiger partial charge in [-0.1, -0.05) is 0 Å². The zero-order valence-corrected chi connectivity index (χ0v) is 9.80. The van der Waals surface area contributed by atoms with Gasteiger partial charge in [-0.15, -0.1) is 0 Å². The van der Waals surface area contributed by atoms with Crippen molar-refractivity contribution < 1.29 is 22.0 Å². The predicted molar refractivity (Wildman–Crippen MR) is 61.5 cm³/mol. The van der Waals surface area contributed by atoms with Gasteiger partial charge in [0.1, 0.15) is 11.6 Å². The fourth-order valence-corrected chi connectivity index (χ4v) is 1.71. The van der Waals surface area contributed by atoms with E-state index in [1.165, 1.54) is 0 Å². The molecule has 0 fully saturated rings. The molecule has 0 spiro atoms. The second-order valence-corrected chi connectivity index (χ2v) is 4.00. The van der Waals surface area contributed by atoms with Crippen LogP contribution in [0.25, 0.3) is 11.1 Å². The Morgan fingerprint density at radius 3 is 1.95 bits per heavy atom. The Hall–Kier alpha value is -2.42. The van der Waals surface area contributed by atoms with E-state index in [1.54, 1.807) is 6.07 Å². The largest absolute Gasteiger partial charge is 0.416 e. The number of benzene rings is 2. The van der Waals surface area contributed by atoms with Gasteiger partial charge in [0, 0.05) is 11.1 Å². The van der Waals surface area contributed by atoms with Crippen molar-refractivity contribution in [3.05, 3.63) is 59.2 Å². The minimum Gasteiger partial charge on any atom is -0.206 e. The highest BCUT2D eigenvalue weighted by Crippen LogP contribution is 2.34. The Morgan fingerprint density at radius 2 is 1.40 bits per heavy atom. The zero-order valence-electron chi connectivity index (χ0n) is 9.80. The second kappa shape index (κ2) is 4.93. The Labute approximate surface area is 110 Å². The van der Waals surface area contributed by atoms with Crippen molar-refractivity contribution in [3.8, 4) is 17.2 Å². The second-order valence-electron chi connectivity index (χ2n) is 4.00. The Morgan fingerprint density at radius 1 is 0.850 bits per heavy atom. The van der Waals surface area contributed by atoms with E-state index in [0.29, 0.717) is 18.2 Å². The summed E-state index contributed by atoms with van der Waals surface area (Å²) in [6.45, 7) is 0. The van der Waals surface area contributed by atoms with Crippen molar-refractivity contribution in [1.82, 2.24) is 0 Å². The van der Waals surface area contributed by atoms with E-state index in [4.69, 9.17) is 5.26 Å². The van der Waals surface area contributed by atoms with Crippen molar-refractivity contribution in [2.24, 2.45) is 0 Å². The summed E-state index contributed by atoms with van der Waals surface area (Å²) >= 11 is 0. The van der Waals surface area contributed by atoms with Crippen molar-refractivity contribution in [2.45, 2.75) is 6.18 Å². The van der Waals surface area contributed by atoms with Crippen LogP contribution in [-0.4, -0.2) is 0 Å². The summed E-state index contributed by atoms with van der Waals surface area (Å²) in [6.07, 6.45) is -4.66. The number of rotatable bonds is 1. The summed E-state index contributed by atoms with van der Waals surface area (Å²) < 4.78 is 65.1. The van der Waals surface area contributed by atoms with Crippen molar-refractivity contribution >= 4 is 0 Å². The van der Waals surface area contributed by atoms with Crippen LogP contribution in [0.1, 0.15) is 11.1 Å². The average Bonchev–Trinajstić information content (AvgIpc) is 2.39. The summed E-state index contributed by atoms with van der Waals surface area (Å²) in [5.41, 5.74) is -1.98. The maximum Gasteiger partial charge on any atom is 0.416 e. The summed E-state index contributed by atoms with van der Waals surface area (Å²) in [6, 6.07) is 6.51. The molecular weight excluding hydrogens is 277 g/mol. The highest BCUT2D eigenvalue weighted by Gasteiger charge is 2.31. The van der Waals surface area contributed by atoms with Crippen LogP contribution in [0.15, 0.2) is 36.4 Å². The van der Waals surface area contributed by atoms with Gasteiger partial charge in [0.05, 0.1) is 17.2 Å². The van der Waals surface area contributed by atoms with Crippen LogP contribution < -0.4 is 0 Å². The molecule has 0 N–H and O–H groups in total. The van der Waals surface area contributed by atoms with Gasteiger partial charge in [0.15, 0.2) is 0 Å². The first-order valence-electron chi connectivity index (χ1n) is 5.39. The fraction of sp³-hybridized carbons (Fsp3) is 0.0714. The molecule has 20 heavy (non-hydrogen) atoms. The molecule has 0 unspecified atom stereocenters. The smallest absolute Gasteiger partial charge is 0.206 e. The molecule has 0 saturated carbocycles. The van der Waals surface area contributed by atoms with E-state index < -0.39 is 28.9 Å². The van der Waals surface area contributed by atoms with Crippen molar-refractivity contribution in [3.63, 3.8) is 0 Å². The van der Waals surface area contributed by atoms with Gasteiger partial charge in [-0.05, 0) is 36.4 Å². The summed E-state index contributed by atoms with van der Waals surface area (Å²) in [4.78, 5) is 0. The lowest BCUT2D eigenvalue weighted by molar-refractivity contribution is -0.137. The first-order valence-corrected chi connectivity index (χ1v) is 5.39. The molecule has 2 aromatic carbocycles. The molecule has 102 valence electrons. The molecule has 0 aliphatic carbocycles. The van der Waals surface area contributed by atoms with Crippen LogP contribution in [0.3, 0.4) is 0 Å². The number of alkyl halides is 3. The lowest BCUT2D eigenvalue weighted by Crippen LogP contribution is -2.05. The molecule has 0 amide bonds. The molecule has 0 radical (unpaired) electrons. The highest BCUT2D eigenvalue weighted by atomic mass is 19.4. The number of hydrogen-bond donors (Lipinski definition) is 0. The summed E-state index contributed by atoms with van der Waals surface area (Å²) in [5, 5.41) is 8.71. The summed E-state index contributed by atoms with van der Waals surface area (Å²) in [5.74, 6) is -1.89. The van der Waals surface area contributed by atoms with E-state index in [1.807, 2.05) is 0 Å². The van der Waals surface area contributed by atoms with E-state index in [2.05, 4.69) is 0 Å². The van der Waals surface area contributed by atoms with Crippen LogP contribution in [0.2, 0.25) is 0 Å². The summed E-state index contributed by atoms with van der Waals surface area (Å²) in [7, 11) is 0. The van der Waals surface area contributed by atoms with Gasteiger partial charge in [-0.25, -0.2) is 8.78 Å². The van der Waals surface area contributed by atoms with E-state index in [0.717, 1.165) is 18.2 Å². The van der Waals surface area contributed by atoms with Gasteiger partial charge in [-0.3, -0.25) is 0 Å². The number of halogens is 5. The zero-order chi connectivity index (χ0) is 14.9. The molecule has 0 aliphatic heterocycles. The molecule has 2 rings (SSSR count). The predicted octanol–water partition coefficient (Wildman–Crippen LogP) is 4.52. The first-order chi connectivity index (χ1) is 9.32. The molecule has 2 aromatic rings. The van der Waals surface area contributed by atoms with Crippen molar-refractivity contribution in [1.29, 1.82) is 5.26 Å². The normalized spacial score (nSPS) is 11.2. The van der Waals surface area contributed by atoms with Crippen LogP contribution >= 0.6 is 0 Å². The van der Waals surface area contributed by atoms with E-state index in [9.17, 15) is 22.0 Å². The fourth-order valence-electron chi connectivity index (χ4n) is 1.71. The number of nitrogens with zero attached hydrogens (tertiary/aromatic N) is 1. The third kappa shape index (κ3) is 2.62. The topological polar surface area (TPSA) is 23.8 Å². The maximum absolute atomic E-state index is 13.6. The molecule has 0 bridgehead atoms. The molecule has 0 heterocycles. The first kappa shape index (κ1) is 14.0. The molecule has 0 saturated heterocycles. The number of hydrogen-bond acceptors (Lipinski definition) is 1. The minimum atomic E-state index is -4.66. The van der Waals surface area contributed by atoms with Crippen LogP contribution in [0.4, 0.5) is 22.0 Å².